The van der Waals surface area contributed by atoms with E-state index < -0.39 is 30.2 Å². The van der Waals surface area contributed by atoms with Crippen molar-refractivity contribution in [2.75, 3.05) is 6.54 Å². The van der Waals surface area contributed by atoms with E-state index >= 15 is 0 Å². The monoisotopic (exact) mass is 451 g/mol. The van der Waals surface area contributed by atoms with Gasteiger partial charge in [-0.2, -0.15) is 0 Å². The summed E-state index contributed by atoms with van der Waals surface area (Å²) in [6.45, 7) is 1.88. The number of ether oxygens (including phenoxy) is 1. The first-order valence-corrected chi connectivity index (χ1v) is 10.6. The standard InChI is InChI=1S/C23H25N5O5/c1-14(21(29)25-12-16-9-15-11-24-8-7-19(15)27-16)26-22(30)20-10-18(13-28(20)23(31)32)33-17-5-3-2-4-6-17/h2-9,11,14,18,20,27H,10,12-13H2,1H3,(H,25,29)(H,26,30)(H,31,32)/t14?,18-,20?/m0/s1. The van der Waals surface area contributed by atoms with Crippen LogP contribution in [0, 0.1) is 0 Å². The third-order valence-corrected chi connectivity index (χ3v) is 5.54. The first-order chi connectivity index (χ1) is 15.9. The lowest BCUT2D eigenvalue weighted by Gasteiger charge is -2.22. The quantitative estimate of drug-likeness (QED) is 0.433. The zero-order valence-corrected chi connectivity index (χ0v) is 18.0. The van der Waals surface area contributed by atoms with Crippen molar-refractivity contribution < 1.29 is 24.2 Å². The molecule has 10 nitrogen and oxygen atoms in total. The molecule has 1 fully saturated rings. The van der Waals surface area contributed by atoms with Gasteiger partial charge in [-0.1, -0.05) is 18.2 Å². The molecule has 3 amide bonds. The van der Waals surface area contributed by atoms with Gasteiger partial charge in [0.05, 0.1) is 13.1 Å². The second-order valence-electron chi connectivity index (χ2n) is 7.94. The highest BCUT2D eigenvalue weighted by atomic mass is 16.5. The number of likely N-dealkylation sites (tertiary alicyclic amines) is 1. The number of benzene rings is 1. The minimum atomic E-state index is -1.21. The molecule has 1 saturated heterocycles. The van der Waals surface area contributed by atoms with E-state index in [2.05, 4.69) is 20.6 Å². The van der Waals surface area contributed by atoms with Gasteiger partial charge >= 0.3 is 6.09 Å². The largest absolute Gasteiger partial charge is 0.488 e. The van der Waals surface area contributed by atoms with Crippen LogP contribution in [0.1, 0.15) is 19.0 Å². The number of aromatic nitrogens is 2. The van der Waals surface area contributed by atoms with Gasteiger partial charge in [0, 0.05) is 35.4 Å². The van der Waals surface area contributed by atoms with E-state index in [0.29, 0.717) is 5.75 Å². The number of nitrogens with zero attached hydrogens (tertiary/aromatic N) is 2. The van der Waals surface area contributed by atoms with Crippen LogP contribution < -0.4 is 15.4 Å². The predicted octanol–water partition coefficient (Wildman–Crippen LogP) is 1.88. The molecule has 1 aliphatic heterocycles. The summed E-state index contributed by atoms with van der Waals surface area (Å²) in [6, 6.07) is 11.0. The van der Waals surface area contributed by atoms with Crippen molar-refractivity contribution >= 4 is 28.8 Å². The Morgan fingerprint density at radius 3 is 2.79 bits per heavy atom. The number of carbonyl (C=O) groups is 3. The number of aromatic amines is 1. The molecule has 0 aliphatic carbocycles. The number of H-pyrrole nitrogens is 1. The van der Waals surface area contributed by atoms with Crippen LogP contribution in [0.15, 0.2) is 54.9 Å². The fraction of sp³-hybridized carbons (Fsp3) is 0.304. The average molecular weight is 451 g/mol. The maximum Gasteiger partial charge on any atom is 0.408 e. The van der Waals surface area contributed by atoms with Crippen molar-refractivity contribution in [3.63, 3.8) is 0 Å². The van der Waals surface area contributed by atoms with Crippen molar-refractivity contribution in [3.8, 4) is 5.75 Å². The van der Waals surface area contributed by atoms with Crippen LogP contribution in [0.3, 0.4) is 0 Å². The van der Waals surface area contributed by atoms with Crippen LogP contribution in [0.25, 0.3) is 10.9 Å². The van der Waals surface area contributed by atoms with E-state index in [1.807, 2.05) is 30.3 Å². The summed E-state index contributed by atoms with van der Waals surface area (Å²) >= 11 is 0. The summed E-state index contributed by atoms with van der Waals surface area (Å²) in [4.78, 5) is 45.3. The Balaban J connectivity index is 1.32. The number of hydrogen-bond acceptors (Lipinski definition) is 5. The zero-order valence-electron chi connectivity index (χ0n) is 18.0. The van der Waals surface area contributed by atoms with E-state index in [9.17, 15) is 19.5 Å². The summed E-state index contributed by atoms with van der Waals surface area (Å²) in [5.41, 5.74) is 1.72. The van der Waals surface area contributed by atoms with Crippen LogP contribution in [0.4, 0.5) is 4.79 Å². The molecule has 0 radical (unpaired) electrons. The molecule has 0 saturated carbocycles. The van der Waals surface area contributed by atoms with Gasteiger partial charge in [0.1, 0.15) is 23.9 Å². The van der Waals surface area contributed by atoms with Gasteiger partial charge in [-0.05, 0) is 31.2 Å². The molecule has 3 atom stereocenters. The molecule has 2 unspecified atom stereocenters. The van der Waals surface area contributed by atoms with Crippen molar-refractivity contribution in [1.29, 1.82) is 0 Å². The smallest absolute Gasteiger partial charge is 0.408 e. The zero-order chi connectivity index (χ0) is 23.4. The molecule has 1 aliphatic rings. The molecule has 0 spiro atoms. The summed E-state index contributed by atoms with van der Waals surface area (Å²) < 4.78 is 5.83. The molecule has 4 rings (SSSR count). The van der Waals surface area contributed by atoms with Crippen molar-refractivity contribution in [3.05, 3.63) is 60.6 Å². The number of fused-ring (bicyclic) bond motifs is 1. The molecular weight excluding hydrogens is 426 g/mol. The number of rotatable bonds is 7. The Hall–Kier alpha value is -4.08. The second kappa shape index (κ2) is 9.60. The van der Waals surface area contributed by atoms with E-state index in [-0.39, 0.29) is 25.4 Å². The molecule has 4 N–H and O–H groups in total. The highest BCUT2D eigenvalue weighted by Crippen LogP contribution is 2.23. The molecule has 3 aromatic rings. The van der Waals surface area contributed by atoms with E-state index in [0.717, 1.165) is 21.5 Å². The Labute approximate surface area is 189 Å². The Kier molecular flexibility index (Phi) is 6.43. The normalized spacial score (nSPS) is 18.6. The van der Waals surface area contributed by atoms with Crippen molar-refractivity contribution in [1.82, 2.24) is 25.5 Å². The molecule has 2 aromatic heterocycles. The third kappa shape index (κ3) is 5.22. The maximum atomic E-state index is 12.8. The Bertz CT molecular complexity index is 1120. The fourth-order valence-electron chi connectivity index (χ4n) is 3.87. The SMILES string of the molecule is CC(NC(=O)C1C[C@H](Oc2ccccc2)CN1C(=O)O)C(=O)NCc1cc2cnccc2[nH]1. The number of amides is 3. The van der Waals surface area contributed by atoms with Gasteiger partial charge in [-0.3, -0.25) is 19.5 Å². The number of hydrogen-bond donors (Lipinski definition) is 4. The van der Waals surface area contributed by atoms with Gasteiger partial charge in [0.2, 0.25) is 11.8 Å². The van der Waals surface area contributed by atoms with Crippen LogP contribution >= 0.6 is 0 Å². The average Bonchev–Trinajstić information content (AvgIpc) is 3.42. The van der Waals surface area contributed by atoms with Gasteiger partial charge in [0.15, 0.2) is 0 Å². The highest BCUT2D eigenvalue weighted by Gasteiger charge is 2.41. The van der Waals surface area contributed by atoms with Gasteiger partial charge in [0.25, 0.3) is 0 Å². The molecule has 10 heteroatoms. The van der Waals surface area contributed by atoms with Crippen LogP contribution in [-0.2, 0) is 16.1 Å². The molecule has 1 aromatic carbocycles. The van der Waals surface area contributed by atoms with Gasteiger partial charge in [-0.25, -0.2) is 4.79 Å². The van der Waals surface area contributed by atoms with Crippen LogP contribution in [-0.4, -0.2) is 62.6 Å². The minimum Gasteiger partial charge on any atom is -0.488 e. The maximum absolute atomic E-state index is 12.8. The summed E-state index contributed by atoms with van der Waals surface area (Å²) in [7, 11) is 0. The minimum absolute atomic E-state index is 0.0676. The highest BCUT2D eigenvalue weighted by molar-refractivity contribution is 5.91. The van der Waals surface area contributed by atoms with Crippen molar-refractivity contribution in [2.24, 2.45) is 0 Å². The first-order valence-electron chi connectivity index (χ1n) is 10.6. The summed E-state index contributed by atoms with van der Waals surface area (Å²) in [5.74, 6) is -0.303. The van der Waals surface area contributed by atoms with Gasteiger partial charge in [-0.15, -0.1) is 0 Å². The number of carboxylic acid groups (broad SMARTS) is 1. The third-order valence-electron chi connectivity index (χ3n) is 5.54. The summed E-state index contributed by atoms with van der Waals surface area (Å²) in [6.07, 6.45) is 1.94. The predicted molar refractivity (Wildman–Crippen MR) is 120 cm³/mol. The first kappa shape index (κ1) is 22.1. The van der Waals surface area contributed by atoms with Gasteiger partial charge < -0.3 is 25.5 Å². The number of carbonyl (C=O) groups excluding carboxylic acids is 2. The number of para-hydroxylation sites is 1. The Morgan fingerprint density at radius 1 is 1.27 bits per heavy atom. The van der Waals surface area contributed by atoms with Crippen LogP contribution in [0.5, 0.6) is 5.75 Å². The molecule has 3 heterocycles. The number of pyridine rings is 1. The Morgan fingerprint density at radius 2 is 2.06 bits per heavy atom. The lowest BCUT2D eigenvalue weighted by Crippen LogP contribution is -2.51. The van der Waals surface area contributed by atoms with E-state index in [1.54, 1.807) is 31.5 Å². The van der Waals surface area contributed by atoms with Crippen molar-refractivity contribution in [2.45, 2.75) is 38.1 Å². The molecule has 0 bridgehead atoms. The van der Waals surface area contributed by atoms with Crippen LogP contribution in [0.2, 0.25) is 0 Å². The second-order valence-corrected chi connectivity index (χ2v) is 7.94. The molecule has 33 heavy (non-hydrogen) atoms. The lowest BCUT2D eigenvalue weighted by atomic mass is 10.1. The summed E-state index contributed by atoms with van der Waals surface area (Å²) in [5, 5.41) is 15.9. The number of nitrogens with one attached hydrogen (secondary N) is 3. The molecular formula is C23H25N5O5. The molecule has 172 valence electrons. The topological polar surface area (TPSA) is 137 Å². The van der Waals surface area contributed by atoms with E-state index in [1.165, 1.54) is 0 Å². The van der Waals surface area contributed by atoms with E-state index in [4.69, 9.17) is 4.74 Å². The lowest BCUT2D eigenvalue weighted by molar-refractivity contribution is -0.130. The fourth-order valence-corrected chi connectivity index (χ4v) is 3.87.